The molecule has 59 heavy (non-hydrogen) atoms. The lowest BCUT2D eigenvalue weighted by Crippen LogP contribution is -2.48. The quantitative estimate of drug-likeness (QED) is 0.173. The van der Waals surface area contributed by atoms with E-state index in [2.05, 4.69) is 104 Å². The molecule has 2 heterocycles. The third kappa shape index (κ3) is 5.93. The summed E-state index contributed by atoms with van der Waals surface area (Å²) in [4.78, 5) is 8.10. The molecular formula is C55H60N2O2. The average Bonchev–Trinajstić information content (AvgIpc) is 3.77. The molecule has 4 heteroatoms. The maximum atomic E-state index is 12.5. The van der Waals surface area contributed by atoms with Crippen LogP contribution in [0.3, 0.4) is 0 Å². The van der Waals surface area contributed by atoms with E-state index in [4.69, 9.17) is 4.98 Å². The van der Waals surface area contributed by atoms with Crippen LogP contribution in [0.25, 0.3) is 44.8 Å². The van der Waals surface area contributed by atoms with Crippen LogP contribution in [-0.4, -0.2) is 28.3 Å². The van der Waals surface area contributed by atoms with Gasteiger partial charge in [0.15, 0.2) is 0 Å². The second-order valence-corrected chi connectivity index (χ2v) is 21.2. The third-order valence-electron chi connectivity index (χ3n) is 17.0. The van der Waals surface area contributed by atoms with E-state index in [-0.39, 0.29) is 10.8 Å². The normalized spacial score (nSPS) is 31.4. The summed E-state index contributed by atoms with van der Waals surface area (Å²) in [7, 11) is 0. The lowest BCUT2D eigenvalue weighted by atomic mass is 9.48. The van der Waals surface area contributed by atoms with Crippen molar-refractivity contribution in [2.45, 2.75) is 115 Å². The molecule has 302 valence electrons. The van der Waals surface area contributed by atoms with Gasteiger partial charge in [-0.15, -0.1) is 0 Å². The topological polar surface area (TPSA) is 56.6 Å². The summed E-state index contributed by atoms with van der Waals surface area (Å²) in [6.07, 6.45) is 18.0. The van der Waals surface area contributed by atoms with Crippen LogP contribution in [0.4, 0.5) is 5.69 Å². The van der Waals surface area contributed by atoms with E-state index < -0.39 is 0 Å². The van der Waals surface area contributed by atoms with Gasteiger partial charge in [-0.1, -0.05) is 60.7 Å². The van der Waals surface area contributed by atoms with Crippen molar-refractivity contribution in [1.29, 1.82) is 0 Å². The fourth-order valence-electron chi connectivity index (χ4n) is 15.5. The molecule has 0 radical (unpaired) electrons. The smallest absolute Gasteiger partial charge is 0.127 e. The van der Waals surface area contributed by atoms with Gasteiger partial charge < -0.3 is 15.1 Å². The molecule has 14 rings (SSSR count). The molecule has 8 saturated carbocycles. The van der Waals surface area contributed by atoms with Crippen molar-refractivity contribution in [3.63, 3.8) is 0 Å². The minimum absolute atomic E-state index is 0.0935. The first kappa shape index (κ1) is 36.3. The van der Waals surface area contributed by atoms with E-state index in [9.17, 15) is 10.2 Å². The molecule has 0 spiro atoms. The number of rotatable bonds is 7. The first-order valence-electron chi connectivity index (χ1n) is 23.3. The first-order chi connectivity index (χ1) is 28.7. The van der Waals surface area contributed by atoms with Gasteiger partial charge in [-0.25, -0.2) is 4.98 Å². The lowest BCUT2D eigenvalue weighted by Gasteiger charge is -2.57. The summed E-state index contributed by atoms with van der Waals surface area (Å²) in [5.41, 5.74) is 14.1. The maximum Gasteiger partial charge on any atom is 0.127 e. The number of hydrogen-bond acceptors (Lipinski definition) is 4. The van der Waals surface area contributed by atoms with Crippen LogP contribution >= 0.6 is 0 Å². The number of pyridine rings is 1. The Morgan fingerprint density at radius 3 is 1.20 bits per heavy atom. The van der Waals surface area contributed by atoms with Crippen LogP contribution in [0, 0.1) is 49.4 Å². The van der Waals surface area contributed by atoms with Crippen molar-refractivity contribution in [2.75, 3.05) is 18.0 Å². The maximum absolute atomic E-state index is 12.5. The minimum Gasteiger partial charge on any atom is -0.507 e. The molecule has 5 aromatic rings. The molecule has 0 atom stereocenters. The predicted molar refractivity (Wildman–Crippen MR) is 240 cm³/mol. The van der Waals surface area contributed by atoms with Crippen molar-refractivity contribution >= 4 is 5.69 Å². The van der Waals surface area contributed by atoms with Crippen LogP contribution in [0.1, 0.15) is 112 Å². The Hall–Kier alpha value is -4.57. The third-order valence-corrected chi connectivity index (χ3v) is 17.0. The standard InChI is InChI=1S/C55H60N2O2/c1-33-15-46(52(58)48(17-33)54-27-35-19-36(28-54)21-37(20-35)29-54)42-9-3-5-11-44(42)50-25-41(57-13-7-8-14-57)26-51(56-50)45-12-6-4-10-43(45)47-16-34(2)18-49(53(47)59)55-30-38-22-39(31-55)24-40(23-38)32-55/h3-6,9-12,15-18,25-26,35-40,58-59H,7-8,13-14,19-24,27-32H2,1-2H3. The van der Waals surface area contributed by atoms with Gasteiger partial charge in [-0.2, -0.15) is 0 Å². The van der Waals surface area contributed by atoms with Crippen LogP contribution in [0.15, 0.2) is 84.9 Å². The first-order valence-corrected chi connectivity index (χ1v) is 23.3. The molecular weight excluding hydrogens is 721 g/mol. The molecule has 4 aromatic carbocycles. The molecule has 0 unspecified atom stereocenters. The molecule has 8 bridgehead atoms. The highest BCUT2D eigenvalue weighted by molar-refractivity contribution is 5.90. The van der Waals surface area contributed by atoms with Crippen molar-refractivity contribution in [1.82, 2.24) is 4.98 Å². The highest BCUT2D eigenvalue weighted by atomic mass is 16.3. The molecule has 9 aliphatic rings. The lowest BCUT2D eigenvalue weighted by molar-refractivity contribution is -0.00627. The monoisotopic (exact) mass is 780 g/mol. The van der Waals surface area contributed by atoms with Crippen molar-refractivity contribution in [3.8, 4) is 56.3 Å². The molecule has 0 amide bonds. The SMILES string of the molecule is Cc1cc(-c2ccccc2-c2cc(N3CCCC3)cc(-c3ccccc3-c3cc(C)cc(C45CC6CC(CC(C6)C4)C5)c3O)n2)c(O)c(C23CC4CC(CC(C4)C2)C3)c1. The van der Waals surface area contributed by atoms with Gasteiger partial charge in [-0.05, 0) is 197 Å². The largest absolute Gasteiger partial charge is 0.507 e. The summed E-state index contributed by atoms with van der Waals surface area (Å²) in [6, 6.07) is 30.9. The van der Waals surface area contributed by atoms with Gasteiger partial charge in [0.25, 0.3) is 0 Å². The summed E-state index contributed by atoms with van der Waals surface area (Å²) in [6.45, 7) is 6.50. The fraction of sp³-hybridized carbons (Fsp3) is 0.473. The van der Waals surface area contributed by atoms with Crippen LogP contribution in [0.5, 0.6) is 11.5 Å². The molecule has 4 nitrogen and oxygen atoms in total. The van der Waals surface area contributed by atoms with Crippen LogP contribution in [-0.2, 0) is 10.8 Å². The number of aromatic hydroxyl groups is 2. The number of benzene rings is 4. The number of phenolic OH excluding ortho intramolecular Hbond substituents is 2. The minimum atomic E-state index is 0.0935. The Morgan fingerprint density at radius 2 is 0.831 bits per heavy atom. The number of hydrogen-bond donors (Lipinski definition) is 2. The van der Waals surface area contributed by atoms with Gasteiger partial charge in [0.2, 0.25) is 0 Å². The van der Waals surface area contributed by atoms with Gasteiger partial charge in [0.1, 0.15) is 11.5 Å². The average molecular weight is 781 g/mol. The molecule has 1 aliphatic heterocycles. The van der Waals surface area contributed by atoms with E-state index in [0.29, 0.717) is 11.5 Å². The Kier molecular flexibility index (Phi) is 8.29. The van der Waals surface area contributed by atoms with E-state index in [1.807, 2.05) is 0 Å². The number of aromatic nitrogens is 1. The number of anilines is 1. The Labute approximate surface area is 351 Å². The van der Waals surface area contributed by atoms with E-state index >= 15 is 0 Å². The molecule has 2 N–H and O–H groups in total. The zero-order valence-corrected chi connectivity index (χ0v) is 35.1. The van der Waals surface area contributed by atoms with Crippen LogP contribution < -0.4 is 4.90 Å². The zero-order chi connectivity index (χ0) is 39.6. The second-order valence-electron chi connectivity index (χ2n) is 21.2. The predicted octanol–water partition coefficient (Wildman–Crippen LogP) is 13.3. The molecule has 1 aromatic heterocycles. The van der Waals surface area contributed by atoms with Gasteiger partial charge in [0.05, 0.1) is 11.4 Å². The zero-order valence-electron chi connectivity index (χ0n) is 35.1. The van der Waals surface area contributed by atoms with Gasteiger partial charge >= 0.3 is 0 Å². The van der Waals surface area contributed by atoms with Crippen molar-refractivity contribution < 1.29 is 10.2 Å². The van der Waals surface area contributed by atoms with Gasteiger partial charge in [-0.3, -0.25) is 0 Å². The van der Waals surface area contributed by atoms with E-state index in [1.165, 1.54) is 118 Å². The summed E-state index contributed by atoms with van der Waals surface area (Å²) < 4.78 is 0. The second kappa shape index (κ2) is 13.5. The van der Waals surface area contributed by atoms with Crippen LogP contribution in [0.2, 0.25) is 0 Å². The van der Waals surface area contributed by atoms with Crippen molar-refractivity contribution in [2.24, 2.45) is 35.5 Å². The van der Waals surface area contributed by atoms with E-state index in [1.54, 1.807) is 0 Å². The highest BCUT2D eigenvalue weighted by Crippen LogP contribution is 2.64. The molecule has 8 aliphatic carbocycles. The molecule has 9 fully saturated rings. The van der Waals surface area contributed by atoms with E-state index in [0.717, 1.165) is 93.4 Å². The van der Waals surface area contributed by atoms with Crippen molar-refractivity contribution in [3.05, 3.63) is 107 Å². The molecule has 1 saturated heterocycles. The Morgan fingerprint density at radius 1 is 0.475 bits per heavy atom. The Balaban J connectivity index is 0.990. The number of nitrogens with zero attached hydrogens (tertiary/aromatic N) is 2. The van der Waals surface area contributed by atoms with Gasteiger partial charge in [0, 0.05) is 52.2 Å². The summed E-state index contributed by atoms with van der Waals surface area (Å²) in [5, 5.41) is 25.0. The number of phenols is 2. The summed E-state index contributed by atoms with van der Waals surface area (Å²) >= 11 is 0. The highest BCUT2D eigenvalue weighted by Gasteiger charge is 2.54. The Bertz CT molecular complexity index is 2260. The number of aryl methyl sites for hydroxylation is 2. The summed E-state index contributed by atoms with van der Waals surface area (Å²) in [5.74, 6) is 5.80. The fourth-order valence-corrected chi connectivity index (χ4v) is 15.5.